The van der Waals surface area contributed by atoms with Gasteiger partial charge >= 0.3 is 0 Å². The van der Waals surface area contributed by atoms with Crippen LogP contribution in [-0.2, 0) is 9.84 Å². The number of nitrogen functional groups attached to an aromatic ring is 1. The molecule has 0 radical (unpaired) electrons. The Balaban J connectivity index is 2.21. The van der Waals surface area contributed by atoms with E-state index in [1.54, 1.807) is 0 Å². The van der Waals surface area contributed by atoms with Crippen molar-refractivity contribution in [2.45, 2.75) is 30.6 Å². The molecule has 0 saturated heterocycles. The lowest BCUT2D eigenvalue weighted by atomic mass is 10.1. The minimum atomic E-state index is -3.24. The second-order valence-electron chi connectivity index (χ2n) is 4.35. The van der Waals surface area contributed by atoms with Crippen LogP contribution in [-0.4, -0.2) is 19.2 Å². The van der Waals surface area contributed by atoms with Crippen LogP contribution in [0.5, 0.6) is 0 Å². The Morgan fingerprint density at radius 2 is 2.06 bits per heavy atom. The van der Waals surface area contributed by atoms with Gasteiger partial charge in [-0.2, -0.15) is 0 Å². The number of aromatic nitrogens is 1. The molecule has 1 aliphatic carbocycles. The fourth-order valence-corrected chi connectivity index (χ4v) is 4.07. The molecule has 2 rings (SSSR count). The highest BCUT2D eigenvalue weighted by atomic mass is 32.2. The highest BCUT2D eigenvalue weighted by Gasteiger charge is 2.25. The number of pyridine rings is 1. The van der Waals surface area contributed by atoms with Crippen molar-refractivity contribution in [1.82, 2.24) is 4.98 Å². The van der Waals surface area contributed by atoms with E-state index in [1.165, 1.54) is 18.5 Å². The molecule has 1 saturated carbocycles. The summed E-state index contributed by atoms with van der Waals surface area (Å²) >= 11 is 0. The highest BCUT2D eigenvalue weighted by Crippen LogP contribution is 2.29. The maximum Gasteiger partial charge on any atom is 0.180 e. The Hall–Kier alpha value is -1.10. The molecule has 0 unspecified atom stereocenters. The van der Waals surface area contributed by atoms with Gasteiger partial charge in [-0.05, 0) is 24.8 Å². The van der Waals surface area contributed by atoms with E-state index in [2.05, 4.69) is 4.98 Å². The average molecular weight is 240 g/mol. The van der Waals surface area contributed by atoms with E-state index in [9.17, 15) is 8.42 Å². The van der Waals surface area contributed by atoms with Crippen molar-refractivity contribution in [3.05, 3.63) is 18.5 Å². The molecule has 1 aromatic heterocycles. The van der Waals surface area contributed by atoms with Crippen LogP contribution in [0.4, 0.5) is 5.69 Å². The molecule has 1 fully saturated rings. The maximum absolute atomic E-state index is 12.1. The first kappa shape index (κ1) is 11.4. The highest BCUT2D eigenvalue weighted by molar-refractivity contribution is 7.91. The third kappa shape index (κ3) is 2.35. The van der Waals surface area contributed by atoms with Crippen molar-refractivity contribution >= 4 is 15.5 Å². The van der Waals surface area contributed by atoms with Crippen LogP contribution >= 0.6 is 0 Å². The predicted molar refractivity (Wildman–Crippen MR) is 62.7 cm³/mol. The first-order chi connectivity index (χ1) is 7.59. The van der Waals surface area contributed by atoms with E-state index in [0.717, 1.165) is 25.7 Å². The van der Waals surface area contributed by atoms with Gasteiger partial charge < -0.3 is 5.73 Å². The molecule has 88 valence electrons. The molecule has 0 atom stereocenters. The number of hydrogen-bond donors (Lipinski definition) is 1. The summed E-state index contributed by atoms with van der Waals surface area (Å²) in [6.07, 6.45) is 7.19. The zero-order chi connectivity index (χ0) is 11.6. The van der Waals surface area contributed by atoms with Crippen molar-refractivity contribution in [3.8, 4) is 0 Å². The summed E-state index contributed by atoms with van der Waals surface area (Å²) in [6, 6.07) is 1.49. The predicted octanol–water partition coefficient (Wildman–Crippen LogP) is 1.63. The van der Waals surface area contributed by atoms with Crippen molar-refractivity contribution < 1.29 is 8.42 Å². The van der Waals surface area contributed by atoms with Crippen LogP contribution in [0.15, 0.2) is 23.4 Å². The quantitative estimate of drug-likeness (QED) is 0.871. The summed E-state index contributed by atoms with van der Waals surface area (Å²) in [5, 5.41) is 0. The van der Waals surface area contributed by atoms with Gasteiger partial charge in [0.2, 0.25) is 0 Å². The normalized spacial score (nSPS) is 17.8. The fraction of sp³-hybridized carbons (Fsp3) is 0.545. The van der Waals surface area contributed by atoms with E-state index in [4.69, 9.17) is 5.73 Å². The van der Waals surface area contributed by atoms with Crippen LogP contribution < -0.4 is 5.73 Å². The van der Waals surface area contributed by atoms with Gasteiger partial charge in [-0.3, -0.25) is 4.98 Å². The molecule has 0 amide bonds. The summed E-state index contributed by atoms with van der Waals surface area (Å²) in [4.78, 5) is 4.03. The number of nitrogens with zero attached hydrogens (tertiary/aromatic N) is 1. The van der Waals surface area contributed by atoms with Crippen molar-refractivity contribution in [1.29, 1.82) is 0 Å². The molecule has 0 spiro atoms. The molecular weight excluding hydrogens is 224 g/mol. The number of anilines is 1. The van der Waals surface area contributed by atoms with Crippen LogP contribution in [0.25, 0.3) is 0 Å². The summed E-state index contributed by atoms with van der Waals surface area (Å²) < 4.78 is 24.2. The molecule has 1 heterocycles. The lowest BCUT2D eigenvalue weighted by Crippen LogP contribution is -2.15. The third-order valence-corrected chi connectivity index (χ3v) is 5.03. The third-order valence-electron chi connectivity index (χ3n) is 3.08. The van der Waals surface area contributed by atoms with Crippen LogP contribution in [0.3, 0.4) is 0 Å². The van der Waals surface area contributed by atoms with E-state index in [1.807, 2.05) is 0 Å². The Bertz CT molecular complexity index is 465. The second-order valence-corrected chi connectivity index (χ2v) is 6.35. The average Bonchev–Trinajstić information content (AvgIpc) is 2.70. The standard InChI is InChI=1S/C11H16N2O2S/c12-10-7-13-6-5-11(10)16(14,15)8-9-3-1-2-4-9/h5-7,9H,1-4,8,12H2. The number of hydrogen-bond acceptors (Lipinski definition) is 4. The smallest absolute Gasteiger partial charge is 0.180 e. The minimum Gasteiger partial charge on any atom is -0.396 e. The van der Waals surface area contributed by atoms with Gasteiger partial charge in [0.15, 0.2) is 9.84 Å². The number of sulfone groups is 1. The van der Waals surface area contributed by atoms with Gasteiger partial charge in [0.25, 0.3) is 0 Å². The molecule has 5 heteroatoms. The SMILES string of the molecule is Nc1cnccc1S(=O)(=O)CC1CCCC1. The molecule has 1 aromatic rings. The zero-order valence-corrected chi connectivity index (χ0v) is 9.91. The van der Waals surface area contributed by atoms with Gasteiger partial charge in [-0.15, -0.1) is 0 Å². The second kappa shape index (κ2) is 4.41. The van der Waals surface area contributed by atoms with Crippen LogP contribution in [0.1, 0.15) is 25.7 Å². The molecule has 0 bridgehead atoms. The lowest BCUT2D eigenvalue weighted by Gasteiger charge is -2.11. The molecular formula is C11H16N2O2S. The molecule has 0 aromatic carbocycles. The van der Waals surface area contributed by atoms with Gasteiger partial charge in [-0.25, -0.2) is 8.42 Å². The zero-order valence-electron chi connectivity index (χ0n) is 9.09. The van der Waals surface area contributed by atoms with Crippen molar-refractivity contribution in [3.63, 3.8) is 0 Å². The van der Waals surface area contributed by atoms with Gasteiger partial charge in [0.1, 0.15) is 0 Å². The Labute approximate surface area is 95.8 Å². The van der Waals surface area contributed by atoms with Crippen molar-refractivity contribution in [2.24, 2.45) is 5.92 Å². The van der Waals surface area contributed by atoms with E-state index in [-0.39, 0.29) is 16.3 Å². The summed E-state index contributed by atoms with van der Waals surface area (Å²) in [5.41, 5.74) is 5.89. The topological polar surface area (TPSA) is 73.0 Å². The lowest BCUT2D eigenvalue weighted by molar-refractivity contribution is 0.559. The molecule has 4 nitrogen and oxygen atoms in total. The van der Waals surface area contributed by atoms with E-state index >= 15 is 0 Å². The van der Waals surface area contributed by atoms with Gasteiger partial charge in [0, 0.05) is 6.20 Å². The molecule has 2 N–H and O–H groups in total. The molecule has 16 heavy (non-hydrogen) atoms. The van der Waals surface area contributed by atoms with E-state index < -0.39 is 9.84 Å². The summed E-state index contributed by atoms with van der Waals surface area (Å²) in [6.45, 7) is 0. The van der Waals surface area contributed by atoms with Crippen molar-refractivity contribution in [2.75, 3.05) is 11.5 Å². The maximum atomic E-state index is 12.1. The largest absolute Gasteiger partial charge is 0.396 e. The van der Waals surface area contributed by atoms with Gasteiger partial charge in [0.05, 0.1) is 22.5 Å². The first-order valence-electron chi connectivity index (χ1n) is 5.52. The monoisotopic (exact) mass is 240 g/mol. The summed E-state index contributed by atoms with van der Waals surface area (Å²) in [7, 11) is -3.24. The van der Waals surface area contributed by atoms with Gasteiger partial charge in [-0.1, -0.05) is 12.8 Å². The van der Waals surface area contributed by atoms with Crippen LogP contribution in [0.2, 0.25) is 0 Å². The number of nitrogens with two attached hydrogens (primary N) is 1. The first-order valence-corrected chi connectivity index (χ1v) is 7.17. The molecule has 1 aliphatic rings. The fourth-order valence-electron chi connectivity index (χ4n) is 2.25. The Morgan fingerprint density at radius 1 is 1.38 bits per heavy atom. The Kier molecular flexibility index (Phi) is 3.14. The minimum absolute atomic E-state index is 0.223. The van der Waals surface area contributed by atoms with E-state index in [0.29, 0.717) is 5.92 Å². The molecule has 0 aliphatic heterocycles. The number of rotatable bonds is 3. The summed E-state index contributed by atoms with van der Waals surface area (Å²) in [5.74, 6) is 0.527. The Morgan fingerprint density at radius 3 is 2.69 bits per heavy atom. The van der Waals surface area contributed by atoms with Crippen LogP contribution in [0, 0.1) is 5.92 Å².